The summed E-state index contributed by atoms with van der Waals surface area (Å²) in [6.45, 7) is 0.101. The van der Waals surface area contributed by atoms with Crippen LogP contribution in [0.15, 0.2) is 24.5 Å². The quantitative estimate of drug-likeness (QED) is 0.649. The molecule has 2 amide bonds. The molecule has 0 saturated heterocycles. The molecule has 3 N–H and O–H groups in total. The van der Waals surface area contributed by atoms with Crippen LogP contribution < -0.4 is 10.6 Å². The van der Waals surface area contributed by atoms with Crippen LogP contribution in [0.25, 0.3) is 0 Å². The highest BCUT2D eigenvalue weighted by atomic mass is 16.4. The molecule has 6 nitrogen and oxygen atoms in total. The van der Waals surface area contributed by atoms with E-state index in [4.69, 9.17) is 5.11 Å². The summed E-state index contributed by atoms with van der Waals surface area (Å²) in [6.07, 6.45) is 2.05. The second-order valence-corrected chi connectivity index (χ2v) is 2.80. The fourth-order valence-corrected chi connectivity index (χ4v) is 0.922. The van der Waals surface area contributed by atoms with E-state index in [9.17, 15) is 9.59 Å². The number of carbonyl (C=O) groups is 2. The molecule has 80 valence electrons. The fourth-order valence-electron chi connectivity index (χ4n) is 0.922. The molecule has 0 radical (unpaired) electrons. The second kappa shape index (κ2) is 5.58. The van der Waals surface area contributed by atoms with Gasteiger partial charge in [0, 0.05) is 18.9 Å². The zero-order valence-electron chi connectivity index (χ0n) is 7.93. The van der Waals surface area contributed by atoms with Crippen molar-refractivity contribution in [3.63, 3.8) is 0 Å². The maximum atomic E-state index is 11.1. The fraction of sp³-hybridized carbons (Fsp3) is 0.222. The Kier molecular flexibility index (Phi) is 4.08. The summed E-state index contributed by atoms with van der Waals surface area (Å²) in [7, 11) is 0. The molecule has 1 aromatic rings. The van der Waals surface area contributed by atoms with Crippen LogP contribution in [-0.4, -0.2) is 28.6 Å². The number of hydrogen-bond acceptors (Lipinski definition) is 3. The number of carbonyl (C=O) groups excluding carboxylic acids is 1. The van der Waals surface area contributed by atoms with Gasteiger partial charge in [0.2, 0.25) is 5.91 Å². The number of pyridine rings is 1. The molecule has 0 aliphatic carbocycles. The Bertz CT molecular complexity index is 340. The van der Waals surface area contributed by atoms with Crippen LogP contribution in [0, 0.1) is 0 Å². The van der Waals surface area contributed by atoms with Crippen LogP contribution in [0.4, 0.5) is 4.79 Å². The first-order chi connectivity index (χ1) is 7.18. The number of nitrogens with one attached hydrogen (secondary N) is 2. The minimum Gasteiger partial charge on any atom is -0.465 e. The van der Waals surface area contributed by atoms with Gasteiger partial charge in [-0.3, -0.25) is 9.78 Å². The summed E-state index contributed by atoms with van der Waals surface area (Å²) in [4.78, 5) is 25.0. The predicted octanol–water partition coefficient (Wildman–Crippen LogP) is -0.0346. The highest BCUT2D eigenvalue weighted by Crippen LogP contribution is 1.93. The zero-order valence-corrected chi connectivity index (χ0v) is 7.93. The first-order valence-electron chi connectivity index (χ1n) is 4.31. The number of hydrogen-bond donors (Lipinski definition) is 3. The van der Waals surface area contributed by atoms with E-state index >= 15 is 0 Å². The van der Waals surface area contributed by atoms with Gasteiger partial charge in [0.1, 0.15) is 0 Å². The molecule has 1 rings (SSSR count). The van der Waals surface area contributed by atoms with E-state index in [0.717, 1.165) is 5.56 Å². The average molecular weight is 209 g/mol. The van der Waals surface area contributed by atoms with E-state index < -0.39 is 6.09 Å². The number of aromatic nitrogens is 1. The van der Waals surface area contributed by atoms with Gasteiger partial charge < -0.3 is 15.7 Å². The molecular formula is C9H11N3O3. The van der Waals surface area contributed by atoms with E-state index in [0.29, 0.717) is 6.54 Å². The Morgan fingerprint density at radius 2 is 2.20 bits per heavy atom. The standard InChI is InChI=1S/C9H11N3O3/c13-8(6-12-9(14)15)11-5-7-2-1-3-10-4-7/h1-4,12H,5-6H2,(H,11,13)(H,14,15). The van der Waals surface area contributed by atoms with Gasteiger partial charge in [0.25, 0.3) is 0 Å². The SMILES string of the molecule is O=C(O)NCC(=O)NCc1cccnc1. The predicted molar refractivity (Wildman–Crippen MR) is 52.1 cm³/mol. The molecule has 0 aliphatic rings. The third-order valence-electron chi connectivity index (χ3n) is 1.61. The number of amides is 2. The zero-order chi connectivity index (χ0) is 11.1. The molecular weight excluding hydrogens is 198 g/mol. The summed E-state index contributed by atoms with van der Waals surface area (Å²) in [5.74, 6) is -0.374. The van der Waals surface area contributed by atoms with E-state index in [1.807, 2.05) is 11.4 Å². The van der Waals surface area contributed by atoms with Gasteiger partial charge in [-0.05, 0) is 11.6 Å². The molecule has 0 aromatic carbocycles. The minimum atomic E-state index is -1.22. The number of nitrogens with zero attached hydrogens (tertiary/aromatic N) is 1. The maximum Gasteiger partial charge on any atom is 0.405 e. The summed E-state index contributed by atoms with van der Waals surface area (Å²) >= 11 is 0. The van der Waals surface area contributed by atoms with Gasteiger partial charge in [-0.25, -0.2) is 4.79 Å². The second-order valence-electron chi connectivity index (χ2n) is 2.80. The van der Waals surface area contributed by atoms with Gasteiger partial charge in [-0.2, -0.15) is 0 Å². The lowest BCUT2D eigenvalue weighted by Gasteiger charge is -2.04. The van der Waals surface area contributed by atoms with E-state index in [1.165, 1.54) is 0 Å². The summed E-state index contributed by atoms with van der Waals surface area (Å²) in [5.41, 5.74) is 0.862. The summed E-state index contributed by atoms with van der Waals surface area (Å²) < 4.78 is 0. The lowest BCUT2D eigenvalue weighted by Crippen LogP contribution is -2.35. The normalized spacial score (nSPS) is 9.33. The molecule has 1 heterocycles. The van der Waals surface area contributed by atoms with E-state index in [-0.39, 0.29) is 12.5 Å². The Labute approximate surface area is 86.3 Å². The van der Waals surface area contributed by atoms with Crippen LogP contribution in [0.2, 0.25) is 0 Å². The monoisotopic (exact) mass is 209 g/mol. The third-order valence-corrected chi connectivity index (χ3v) is 1.61. The van der Waals surface area contributed by atoms with Crippen molar-refractivity contribution < 1.29 is 14.7 Å². The first kappa shape index (κ1) is 11.0. The molecule has 0 bridgehead atoms. The molecule has 0 spiro atoms. The molecule has 0 atom stereocenters. The van der Waals surface area contributed by atoms with Crippen molar-refractivity contribution in [1.82, 2.24) is 15.6 Å². The molecule has 15 heavy (non-hydrogen) atoms. The topological polar surface area (TPSA) is 91.3 Å². The molecule has 0 saturated carbocycles. The first-order valence-corrected chi connectivity index (χ1v) is 4.31. The van der Waals surface area contributed by atoms with Gasteiger partial charge >= 0.3 is 6.09 Å². The molecule has 1 aromatic heterocycles. The third kappa shape index (κ3) is 4.61. The van der Waals surface area contributed by atoms with Gasteiger partial charge in [0.15, 0.2) is 0 Å². The molecule has 0 aliphatic heterocycles. The lowest BCUT2D eigenvalue weighted by molar-refractivity contribution is -0.120. The van der Waals surface area contributed by atoms with Crippen LogP contribution in [0.1, 0.15) is 5.56 Å². The highest BCUT2D eigenvalue weighted by molar-refractivity contribution is 5.81. The Morgan fingerprint density at radius 1 is 1.40 bits per heavy atom. The Hall–Kier alpha value is -2.11. The van der Waals surface area contributed by atoms with E-state index in [1.54, 1.807) is 18.5 Å². The summed E-state index contributed by atoms with van der Waals surface area (Å²) in [5, 5.41) is 12.8. The molecule has 0 fully saturated rings. The van der Waals surface area contributed by atoms with Crippen LogP contribution in [0.5, 0.6) is 0 Å². The van der Waals surface area contributed by atoms with Crippen molar-refractivity contribution in [3.8, 4) is 0 Å². The van der Waals surface area contributed by atoms with Crippen molar-refractivity contribution >= 4 is 12.0 Å². The Morgan fingerprint density at radius 3 is 2.80 bits per heavy atom. The molecule has 6 heteroatoms. The number of rotatable bonds is 4. The van der Waals surface area contributed by atoms with Crippen molar-refractivity contribution in [1.29, 1.82) is 0 Å². The lowest BCUT2D eigenvalue weighted by atomic mass is 10.3. The van der Waals surface area contributed by atoms with Gasteiger partial charge in [0.05, 0.1) is 6.54 Å². The smallest absolute Gasteiger partial charge is 0.405 e. The number of carboxylic acid groups (broad SMARTS) is 1. The average Bonchev–Trinajstić information content (AvgIpc) is 2.25. The van der Waals surface area contributed by atoms with Crippen LogP contribution in [-0.2, 0) is 11.3 Å². The highest BCUT2D eigenvalue weighted by Gasteiger charge is 2.02. The van der Waals surface area contributed by atoms with Crippen molar-refractivity contribution in [2.24, 2.45) is 0 Å². The maximum absolute atomic E-state index is 11.1. The van der Waals surface area contributed by atoms with Crippen molar-refractivity contribution in [3.05, 3.63) is 30.1 Å². The van der Waals surface area contributed by atoms with Gasteiger partial charge in [-0.15, -0.1) is 0 Å². The summed E-state index contributed by atoms with van der Waals surface area (Å²) in [6, 6.07) is 3.58. The molecule has 0 unspecified atom stereocenters. The largest absolute Gasteiger partial charge is 0.465 e. The van der Waals surface area contributed by atoms with Crippen LogP contribution >= 0.6 is 0 Å². The van der Waals surface area contributed by atoms with Gasteiger partial charge in [-0.1, -0.05) is 6.07 Å². The van der Waals surface area contributed by atoms with Crippen molar-refractivity contribution in [2.75, 3.05) is 6.54 Å². The Balaban J connectivity index is 2.26. The van der Waals surface area contributed by atoms with Crippen LogP contribution in [0.3, 0.4) is 0 Å². The van der Waals surface area contributed by atoms with E-state index in [2.05, 4.69) is 10.3 Å². The van der Waals surface area contributed by atoms with Crippen molar-refractivity contribution in [2.45, 2.75) is 6.54 Å². The minimum absolute atomic E-state index is 0.240.